The van der Waals surface area contributed by atoms with Crippen molar-refractivity contribution in [1.82, 2.24) is 0 Å². The van der Waals surface area contributed by atoms with E-state index in [9.17, 15) is 0 Å². The zero-order valence-electron chi connectivity index (χ0n) is 11.4. The van der Waals surface area contributed by atoms with Gasteiger partial charge in [-0.1, -0.05) is 54.6 Å². The molecule has 1 saturated heterocycles. The van der Waals surface area contributed by atoms with Crippen LogP contribution in [0.4, 0.5) is 0 Å². The molecular formula is C17H19NO2. The largest absolute Gasteiger partial charge is 0.346 e. The van der Waals surface area contributed by atoms with E-state index in [4.69, 9.17) is 15.2 Å². The van der Waals surface area contributed by atoms with E-state index in [1.165, 1.54) is 11.1 Å². The first-order valence-corrected chi connectivity index (χ1v) is 6.96. The predicted molar refractivity (Wildman–Crippen MR) is 78.4 cm³/mol. The fourth-order valence-corrected chi connectivity index (χ4v) is 2.62. The summed E-state index contributed by atoms with van der Waals surface area (Å²) in [5, 5.41) is 0. The minimum atomic E-state index is -0.232. The average Bonchev–Trinajstić information content (AvgIpc) is 3.04. The number of ether oxygens (including phenoxy) is 2. The van der Waals surface area contributed by atoms with Crippen molar-refractivity contribution in [2.45, 2.75) is 12.2 Å². The molecule has 0 amide bonds. The van der Waals surface area contributed by atoms with Crippen LogP contribution in [0.2, 0.25) is 0 Å². The van der Waals surface area contributed by atoms with Crippen LogP contribution >= 0.6 is 0 Å². The molecule has 3 rings (SSSR count). The van der Waals surface area contributed by atoms with Crippen LogP contribution in [0.1, 0.15) is 28.9 Å². The van der Waals surface area contributed by atoms with Crippen LogP contribution in [-0.4, -0.2) is 19.8 Å². The van der Waals surface area contributed by atoms with Crippen molar-refractivity contribution in [1.29, 1.82) is 0 Å². The van der Waals surface area contributed by atoms with Gasteiger partial charge in [0.05, 0.1) is 13.2 Å². The van der Waals surface area contributed by atoms with E-state index >= 15 is 0 Å². The summed E-state index contributed by atoms with van der Waals surface area (Å²) in [5.41, 5.74) is 9.48. The van der Waals surface area contributed by atoms with Crippen molar-refractivity contribution in [3.05, 3.63) is 71.3 Å². The molecule has 2 aromatic carbocycles. The minimum Gasteiger partial charge on any atom is -0.346 e. The Morgan fingerprint density at radius 2 is 1.65 bits per heavy atom. The molecule has 104 valence electrons. The Hall–Kier alpha value is -1.68. The maximum absolute atomic E-state index is 5.98. The van der Waals surface area contributed by atoms with Gasteiger partial charge in [0.2, 0.25) is 0 Å². The van der Waals surface area contributed by atoms with Crippen LogP contribution in [0.3, 0.4) is 0 Å². The average molecular weight is 269 g/mol. The third kappa shape index (κ3) is 2.75. The number of rotatable bonds is 4. The summed E-state index contributed by atoms with van der Waals surface area (Å²) in [4.78, 5) is 0. The zero-order chi connectivity index (χ0) is 13.8. The van der Waals surface area contributed by atoms with Gasteiger partial charge < -0.3 is 15.2 Å². The van der Waals surface area contributed by atoms with Gasteiger partial charge in [0.25, 0.3) is 0 Å². The van der Waals surface area contributed by atoms with E-state index in [1.54, 1.807) is 0 Å². The summed E-state index contributed by atoms with van der Waals surface area (Å²) in [6.45, 7) is 1.90. The second-order valence-corrected chi connectivity index (χ2v) is 4.94. The highest BCUT2D eigenvalue weighted by Crippen LogP contribution is 2.28. The molecular weight excluding hydrogens is 250 g/mol. The zero-order valence-corrected chi connectivity index (χ0v) is 11.4. The molecule has 0 radical (unpaired) electrons. The molecule has 0 bridgehead atoms. The van der Waals surface area contributed by atoms with Gasteiger partial charge >= 0.3 is 0 Å². The Morgan fingerprint density at radius 1 is 0.950 bits per heavy atom. The fourth-order valence-electron chi connectivity index (χ4n) is 2.62. The molecule has 3 heteroatoms. The van der Waals surface area contributed by atoms with Gasteiger partial charge in [0.15, 0.2) is 6.29 Å². The lowest BCUT2D eigenvalue weighted by molar-refractivity contribution is -0.0441. The maximum Gasteiger partial charge on any atom is 0.184 e. The van der Waals surface area contributed by atoms with Gasteiger partial charge in [-0.05, 0) is 11.1 Å². The fraction of sp³-hybridized carbons (Fsp3) is 0.294. The SMILES string of the molecule is NC[C@@H](c1ccccc1)c1cccc(C2OCCO2)c1. The standard InChI is InChI=1S/C17H19NO2/c18-12-16(13-5-2-1-3-6-13)14-7-4-8-15(11-14)17-19-9-10-20-17/h1-8,11,16-17H,9-10,12,18H2/t16-/m0/s1. The van der Waals surface area contributed by atoms with Crippen LogP contribution in [0.15, 0.2) is 54.6 Å². The van der Waals surface area contributed by atoms with Crippen molar-refractivity contribution < 1.29 is 9.47 Å². The molecule has 1 aliphatic heterocycles. The second kappa shape index (κ2) is 6.18. The molecule has 0 unspecified atom stereocenters. The first-order valence-electron chi connectivity index (χ1n) is 6.96. The normalized spacial score (nSPS) is 17.2. The van der Waals surface area contributed by atoms with E-state index in [2.05, 4.69) is 24.3 Å². The smallest absolute Gasteiger partial charge is 0.184 e. The van der Waals surface area contributed by atoms with Crippen molar-refractivity contribution in [3.63, 3.8) is 0 Å². The van der Waals surface area contributed by atoms with Gasteiger partial charge in [0.1, 0.15) is 0 Å². The molecule has 1 fully saturated rings. The van der Waals surface area contributed by atoms with Crippen LogP contribution in [-0.2, 0) is 9.47 Å². The first-order chi connectivity index (χ1) is 9.88. The van der Waals surface area contributed by atoms with E-state index in [-0.39, 0.29) is 12.2 Å². The third-order valence-corrected chi connectivity index (χ3v) is 3.64. The van der Waals surface area contributed by atoms with E-state index in [1.807, 2.05) is 30.3 Å². The highest BCUT2D eigenvalue weighted by molar-refractivity contribution is 5.35. The molecule has 20 heavy (non-hydrogen) atoms. The van der Waals surface area contributed by atoms with E-state index < -0.39 is 0 Å². The minimum absolute atomic E-state index is 0.206. The molecule has 0 aromatic heterocycles. The summed E-state index contributed by atoms with van der Waals surface area (Å²) in [6, 6.07) is 18.7. The summed E-state index contributed by atoms with van der Waals surface area (Å²) in [6.07, 6.45) is -0.232. The Balaban J connectivity index is 1.90. The lowest BCUT2D eigenvalue weighted by atomic mass is 9.90. The molecule has 0 aliphatic carbocycles. The lowest BCUT2D eigenvalue weighted by Gasteiger charge is -2.18. The summed E-state index contributed by atoms with van der Waals surface area (Å²) in [7, 11) is 0. The molecule has 1 atom stereocenters. The molecule has 3 nitrogen and oxygen atoms in total. The second-order valence-electron chi connectivity index (χ2n) is 4.94. The molecule has 1 aliphatic rings. The number of hydrogen-bond donors (Lipinski definition) is 1. The number of nitrogens with two attached hydrogens (primary N) is 1. The molecule has 0 saturated carbocycles. The topological polar surface area (TPSA) is 44.5 Å². The predicted octanol–water partition coefficient (Wildman–Crippen LogP) is 2.82. The molecule has 2 aromatic rings. The van der Waals surface area contributed by atoms with Crippen LogP contribution < -0.4 is 5.73 Å². The Labute approximate surface area is 119 Å². The summed E-state index contributed by atoms with van der Waals surface area (Å²) < 4.78 is 11.1. The van der Waals surface area contributed by atoms with Gasteiger partial charge in [0, 0.05) is 18.0 Å². The summed E-state index contributed by atoms with van der Waals surface area (Å²) in [5.74, 6) is 0.206. The van der Waals surface area contributed by atoms with Gasteiger partial charge in [-0.15, -0.1) is 0 Å². The van der Waals surface area contributed by atoms with Crippen molar-refractivity contribution in [2.75, 3.05) is 19.8 Å². The Kier molecular flexibility index (Phi) is 4.11. The highest BCUT2D eigenvalue weighted by atomic mass is 16.7. The monoisotopic (exact) mass is 269 g/mol. The first kappa shape index (κ1) is 13.3. The van der Waals surface area contributed by atoms with E-state index in [0.29, 0.717) is 19.8 Å². The van der Waals surface area contributed by atoms with Crippen molar-refractivity contribution in [2.24, 2.45) is 5.73 Å². The third-order valence-electron chi connectivity index (χ3n) is 3.64. The van der Waals surface area contributed by atoms with Gasteiger partial charge in [-0.3, -0.25) is 0 Å². The number of benzene rings is 2. The van der Waals surface area contributed by atoms with E-state index in [0.717, 1.165) is 5.56 Å². The van der Waals surface area contributed by atoms with Crippen molar-refractivity contribution >= 4 is 0 Å². The van der Waals surface area contributed by atoms with Crippen LogP contribution in [0, 0.1) is 0 Å². The van der Waals surface area contributed by atoms with Crippen molar-refractivity contribution in [3.8, 4) is 0 Å². The molecule has 1 heterocycles. The Morgan fingerprint density at radius 3 is 2.35 bits per heavy atom. The molecule has 0 spiro atoms. The number of hydrogen-bond acceptors (Lipinski definition) is 3. The van der Waals surface area contributed by atoms with Gasteiger partial charge in [-0.2, -0.15) is 0 Å². The maximum atomic E-state index is 5.98. The van der Waals surface area contributed by atoms with Crippen LogP contribution in [0.5, 0.6) is 0 Å². The quantitative estimate of drug-likeness (QED) is 0.928. The molecule has 2 N–H and O–H groups in total. The van der Waals surface area contributed by atoms with Crippen LogP contribution in [0.25, 0.3) is 0 Å². The summed E-state index contributed by atoms with van der Waals surface area (Å²) >= 11 is 0. The van der Waals surface area contributed by atoms with Gasteiger partial charge in [-0.25, -0.2) is 0 Å². The highest BCUT2D eigenvalue weighted by Gasteiger charge is 2.20. The Bertz CT molecular complexity index is 550. The lowest BCUT2D eigenvalue weighted by Crippen LogP contribution is -2.14.